The largest absolute Gasteiger partial charge is 0.481 e. The molecule has 1 aliphatic heterocycles. The van der Waals surface area contributed by atoms with Crippen molar-refractivity contribution in [2.45, 2.75) is 45.4 Å². The Hall–Kier alpha value is -2.37. The lowest BCUT2D eigenvalue weighted by Gasteiger charge is -2.15. The Morgan fingerprint density at radius 3 is 2.52 bits per heavy atom. The summed E-state index contributed by atoms with van der Waals surface area (Å²) in [5, 5.41) is 17.2. The average Bonchev–Trinajstić information content (AvgIpc) is 3.17. The van der Waals surface area contributed by atoms with Gasteiger partial charge in [0.2, 0.25) is 5.89 Å². The van der Waals surface area contributed by atoms with Gasteiger partial charge in [-0.15, -0.1) is 5.10 Å². The van der Waals surface area contributed by atoms with Gasteiger partial charge in [-0.1, -0.05) is 50.1 Å². The highest BCUT2D eigenvalue weighted by Crippen LogP contribution is 2.28. The van der Waals surface area contributed by atoms with Gasteiger partial charge in [0.25, 0.3) is 0 Å². The molecule has 0 bridgehead atoms. The summed E-state index contributed by atoms with van der Waals surface area (Å²) in [6, 6.07) is 8.49. The van der Waals surface area contributed by atoms with E-state index in [1.54, 1.807) is 0 Å². The van der Waals surface area contributed by atoms with Gasteiger partial charge in [0, 0.05) is 18.5 Å². The lowest BCUT2D eigenvalue weighted by molar-refractivity contribution is -0.136. The number of aromatic nitrogens is 2. The normalized spacial score (nSPS) is 17.9. The number of carbonyl (C=O) groups is 1. The number of hydrogen-bond acceptors (Lipinski definition) is 5. The molecule has 1 aromatic carbocycles. The molecule has 1 fully saturated rings. The first kappa shape index (κ1) is 17.5. The second-order valence-corrected chi connectivity index (χ2v) is 7.83. The predicted octanol–water partition coefficient (Wildman–Crippen LogP) is 3.06. The van der Waals surface area contributed by atoms with Crippen LogP contribution in [0.15, 0.2) is 28.7 Å². The maximum absolute atomic E-state index is 10.7. The van der Waals surface area contributed by atoms with E-state index in [1.807, 2.05) is 24.3 Å². The lowest BCUT2D eigenvalue weighted by atomic mass is 9.97. The van der Waals surface area contributed by atoms with E-state index in [9.17, 15) is 4.79 Å². The SMILES string of the molecule is CC(C)(C)c1nnc(N2CCC(Cc3ccc(CC(=O)O)cc3)C2)o1. The van der Waals surface area contributed by atoms with Crippen molar-refractivity contribution in [2.75, 3.05) is 18.0 Å². The van der Waals surface area contributed by atoms with Crippen LogP contribution in [0.1, 0.15) is 44.2 Å². The van der Waals surface area contributed by atoms with E-state index in [-0.39, 0.29) is 11.8 Å². The minimum Gasteiger partial charge on any atom is -0.481 e. The first-order valence-electron chi connectivity index (χ1n) is 8.70. The molecule has 6 heteroatoms. The van der Waals surface area contributed by atoms with Crippen LogP contribution >= 0.6 is 0 Å². The number of carboxylic acid groups (broad SMARTS) is 1. The quantitative estimate of drug-likeness (QED) is 0.899. The van der Waals surface area contributed by atoms with Gasteiger partial charge in [-0.3, -0.25) is 4.79 Å². The third kappa shape index (κ3) is 4.38. The summed E-state index contributed by atoms with van der Waals surface area (Å²) in [6.45, 7) is 8.01. The molecule has 1 atom stereocenters. The number of carboxylic acids is 1. The number of rotatable bonds is 5. The van der Waals surface area contributed by atoms with E-state index in [0.717, 1.165) is 31.5 Å². The fraction of sp³-hybridized carbons (Fsp3) is 0.526. The van der Waals surface area contributed by atoms with Gasteiger partial charge in [-0.05, 0) is 29.9 Å². The van der Waals surface area contributed by atoms with Crippen LogP contribution < -0.4 is 4.90 Å². The molecule has 1 N–H and O–H groups in total. The van der Waals surface area contributed by atoms with Crippen LogP contribution in [-0.4, -0.2) is 34.4 Å². The summed E-state index contributed by atoms with van der Waals surface area (Å²) in [7, 11) is 0. The monoisotopic (exact) mass is 343 g/mol. The molecular weight excluding hydrogens is 318 g/mol. The van der Waals surface area contributed by atoms with E-state index in [1.165, 1.54) is 5.56 Å². The molecule has 1 unspecified atom stereocenters. The predicted molar refractivity (Wildman–Crippen MR) is 94.8 cm³/mol. The van der Waals surface area contributed by atoms with Crippen LogP contribution in [-0.2, 0) is 23.1 Å². The molecule has 2 heterocycles. The first-order valence-corrected chi connectivity index (χ1v) is 8.70. The fourth-order valence-corrected chi connectivity index (χ4v) is 3.12. The molecule has 0 aliphatic carbocycles. The van der Waals surface area contributed by atoms with Gasteiger partial charge in [0.1, 0.15) is 0 Å². The second kappa shape index (κ2) is 6.86. The molecular formula is C19H25N3O3. The molecule has 3 rings (SSSR count). The van der Waals surface area contributed by atoms with E-state index in [4.69, 9.17) is 9.52 Å². The lowest BCUT2D eigenvalue weighted by Crippen LogP contribution is -2.20. The van der Waals surface area contributed by atoms with Crippen LogP contribution in [0.3, 0.4) is 0 Å². The summed E-state index contributed by atoms with van der Waals surface area (Å²) >= 11 is 0. The van der Waals surface area contributed by atoms with Crippen LogP contribution in [0.5, 0.6) is 0 Å². The van der Waals surface area contributed by atoms with Crippen molar-refractivity contribution in [3.05, 3.63) is 41.3 Å². The molecule has 0 amide bonds. The highest BCUT2D eigenvalue weighted by molar-refractivity contribution is 5.70. The van der Waals surface area contributed by atoms with Gasteiger partial charge in [-0.25, -0.2) is 0 Å². The second-order valence-electron chi connectivity index (χ2n) is 7.83. The van der Waals surface area contributed by atoms with Gasteiger partial charge >= 0.3 is 12.0 Å². The van der Waals surface area contributed by atoms with Crippen LogP contribution in [0.25, 0.3) is 0 Å². The summed E-state index contributed by atoms with van der Waals surface area (Å²) in [5.41, 5.74) is 1.94. The Kier molecular flexibility index (Phi) is 4.79. The molecule has 134 valence electrons. The molecule has 1 saturated heterocycles. The van der Waals surface area contributed by atoms with Crippen LogP contribution in [0.2, 0.25) is 0 Å². The maximum Gasteiger partial charge on any atom is 0.318 e. The van der Waals surface area contributed by atoms with E-state index in [0.29, 0.717) is 17.8 Å². The van der Waals surface area contributed by atoms with Crippen molar-refractivity contribution in [1.29, 1.82) is 0 Å². The van der Waals surface area contributed by atoms with Gasteiger partial charge < -0.3 is 14.4 Å². The van der Waals surface area contributed by atoms with Gasteiger partial charge in [-0.2, -0.15) is 0 Å². The molecule has 25 heavy (non-hydrogen) atoms. The summed E-state index contributed by atoms with van der Waals surface area (Å²) in [5.74, 6) is 0.406. The third-order valence-electron chi connectivity index (χ3n) is 4.51. The Morgan fingerprint density at radius 2 is 1.92 bits per heavy atom. The third-order valence-corrected chi connectivity index (χ3v) is 4.51. The number of nitrogens with zero attached hydrogens (tertiary/aromatic N) is 3. The number of aliphatic carboxylic acids is 1. The minimum atomic E-state index is -0.798. The van der Waals surface area contributed by atoms with Crippen molar-refractivity contribution >= 4 is 12.0 Å². The molecule has 1 aliphatic rings. The van der Waals surface area contributed by atoms with Gasteiger partial charge in [0.15, 0.2) is 0 Å². The zero-order chi connectivity index (χ0) is 18.0. The van der Waals surface area contributed by atoms with Crippen LogP contribution in [0.4, 0.5) is 6.01 Å². The average molecular weight is 343 g/mol. The molecule has 6 nitrogen and oxygen atoms in total. The zero-order valence-electron chi connectivity index (χ0n) is 15.0. The van der Waals surface area contributed by atoms with Crippen molar-refractivity contribution < 1.29 is 14.3 Å². The highest BCUT2D eigenvalue weighted by atomic mass is 16.4. The van der Waals surface area contributed by atoms with Crippen molar-refractivity contribution in [2.24, 2.45) is 5.92 Å². The van der Waals surface area contributed by atoms with E-state index < -0.39 is 5.97 Å². The number of benzene rings is 1. The molecule has 0 radical (unpaired) electrons. The Morgan fingerprint density at radius 1 is 1.24 bits per heavy atom. The first-order chi connectivity index (χ1) is 11.8. The van der Waals surface area contributed by atoms with Crippen molar-refractivity contribution in [3.63, 3.8) is 0 Å². The topological polar surface area (TPSA) is 79.5 Å². The summed E-state index contributed by atoms with van der Waals surface area (Å²) in [4.78, 5) is 12.9. The Balaban J connectivity index is 1.58. The summed E-state index contributed by atoms with van der Waals surface area (Å²) in [6.07, 6.45) is 2.14. The molecule has 2 aromatic rings. The van der Waals surface area contributed by atoms with E-state index >= 15 is 0 Å². The summed E-state index contributed by atoms with van der Waals surface area (Å²) < 4.78 is 5.83. The Bertz CT molecular complexity index is 731. The fourth-order valence-electron chi connectivity index (χ4n) is 3.12. The maximum atomic E-state index is 10.7. The number of hydrogen-bond donors (Lipinski definition) is 1. The van der Waals surface area contributed by atoms with Crippen molar-refractivity contribution in [3.8, 4) is 0 Å². The number of anilines is 1. The molecule has 0 saturated carbocycles. The minimum absolute atomic E-state index is 0.0742. The highest BCUT2D eigenvalue weighted by Gasteiger charge is 2.28. The van der Waals surface area contributed by atoms with Gasteiger partial charge in [0.05, 0.1) is 6.42 Å². The zero-order valence-corrected chi connectivity index (χ0v) is 15.0. The molecule has 1 aromatic heterocycles. The molecule has 0 spiro atoms. The van der Waals surface area contributed by atoms with Crippen LogP contribution in [0, 0.1) is 5.92 Å². The standard InChI is InChI=1S/C19H25N3O3/c1-19(2,3)17-20-21-18(25-17)22-9-8-15(12-22)10-13-4-6-14(7-5-13)11-16(23)24/h4-7,15H,8-12H2,1-3H3,(H,23,24). The Labute approximate surface area is 147 Å². The van der Waals surface area contributed by atoms with Crippen molar-refractivity contribution in [1.82, 2.24) is 10.2 Å². The van der Waals surface area contributed by atoms with E-state index in [2.05, 4.69) is 35.9 Å². The smallest absolute Gasteiger partial charge is 0.318 e.